The van der Waals surface area contributed by atoms with Crippen LogP contribution in [0.4, 0.5) is 0 Å². The zero-order valence-electron chi connectivity index (χ0n) is 9.05. The maximum absolute atomic E-state index is 11.8. The summed E-state index contributed by atoms with van der Waals surface area (Å²) in [6, 6.07) is 1.75. The van der Waals surface area contributed by atoms with Crippen molar-refractivity contribution >= 4 is 5.91 Å². The van der Waals surface area contributed by atoms with E-state index in [1.54, 1.807) is 6.07 Å². The average molecular weight is 208 g/mol. The Kier molecular flexibility index (Phi) is 2.48. The van der Waals surface area contributed by atoms with Crippen LogP contribution in [0.3, 0.4) is 0 Å². The summed E-state index contributed by atoms with van der Waals surface area (Å²) in [5, 5.41) is 12.9. The van der Waals surface area contributed by atoms with E-state index in [-0.39, 0.29) is 11.4 Å². The van der Waals surface area contributed by atoms with Crippen LogP contribution in [0.5, 0.6) is 0 Å². The number of H-pyrrole nitrogens is 1. The highest BCUT2D eigenvalue weighted by atomic mass is 16.2. The van der Waals surface area contributed by atoms with E-state index in [9.17, 15) is 4.79 Å². The molecule has 1 aromatic heterocycles. The molecule has 0 spiro atoms. The third-order valence-corrected chi connectivity index (χ3v) is 2.72. The fraction of sp³-hybridized carbons (Fsp3) is 0.600. The molecule has 3 N–H and O–H groups in total. The van der Waals surface area contributed by atoms with Gasteiger partial charge in [0, 0.05) is 12.2 Å². The van der Waals surface area contributed by atoms with E-state index < -0.39 is 0 Å². The van der Waals surface area contributed by atoms with Gasteiger partial charge in [-0.05, 0) is 32.9 Å². The molecule has 0 saturated carbocycles. The number of amides is 1. The van der Waals surface area contributed by atoms with Crippen molar-refractivity contribution in [1.82, 2.24) is 20.8 Å². The molecule has 1 aliphatic heterocycles. The normalized spacial score (nSPS) is 25.5. The highest BCUT2D eigenvalue weighted by Gasteiger charge is 2.30. The quantitative estimate of drug-likeness (QED) is 0.650. The van der Waals surface area contributed by atoms with Gasteiger partial charge in [-0.1, -0.05) is 0 Å². The van der Waals surface area contributed by atoms with E-state index in [0.717, 1.165) is 25.2 Å². The van der Waals surface area contributed by atoms with Crippen molar-refractivity contribution in [2.75, 3.05) is 13.1 Å². The number of aryl methyl sites for hydroxylation is 1. The van der Waals surface area contributed by atoms with Crippen molar-refractivity contribution < 1.29 is 4.79 Å². The van der Waals surface area contributed by atoms with Gasteiger partial charge in [-0.3, -0.25) is 9.89 Å². The van der Waals surface area contributed by atoms with Gasteiger partial charge in [-0.25, -0.2) is 0 Å². The van der Waals surface area contributed by atoms with Crippen LogP contribution in [0.15, 0.2) is 6.07 Å². The predicted octanol–water partition coefficient (Wildman–Crippen LogP) is 0.200. The highest BCUT2D eigenvalue weighted by molar-refractivity contribution is 5.92. The number of aromatic amines is 1. The molecular formula is C10H16N4O. The molecule has 0 aliphatic carbocycles. The van der Waals surface area contributed by atoms with Gasteiger partial charge < -0.3 is 10.6 Å². The zero-order chi connectivity index (χ0) is 10.9. The van der Waals surface area contributed by atoms with Crippen LogP contribution in [0.1, 0.15) is 29.5 Å². The second-order valence-electron chi connectivity index (χ2n) is 4.38. The lowest BCUT2D eigenvalue weighted by Crippen LogP contribution is -2.47. The number of hydrogen-bond acceptors (Lipinski definition) is 3. The Morgan fingerprint density at radius 1 is 1.67 bits per heavy atom. The molecule has 1 aromatic rings. The molecule has 15 heavy (non-hydrogen) atoms. The highest BCUT2D eigenvalue weighted by Crippen LogP contribution is 2.13. The Balaban J connectivity index is 2.03. The molecule has 0 bridgehead atoms. The summed E-state index contributed by atoms with van der Waals surface area (Å²) in [5.74, 6) is -0.106. The SMILES string of the molecule is Cc1cc(C(=O)NC2(C)CCNC2)n[nH]1. The van der Waals surface area contributed by atoms with Crippen molar-refractivity contribution in [2.24, 2.45) is 0 Å². The fourth-order valence-electron chi connectivity index (χ4n) is 1.80. The van der Waals surface area contributed by atoms with E-state index in [2.05, 4.69) is 20.8 Å². The van der Waals surface area contributed by atoms with Crippen molar-refractivity contribution in [3.05, 3.63) is 17.5 Å². The standard InChI is InChI=1S/C10H16N4O/c1-7-5-8(14-13-7)9(15)12-10(2)3-4-11-6-10/h5,11H,3-4,6H2,1-2H3,(H,12,15)(H,13,14). The van der Waals surface area contributed by atoms with Gasteiger partial charge in [-0.2, -0.15) is 5.10 Å². The summed E-state index contributed by atoms with van der Waals surface area (Å²) in [4.78, 5) is 11.8. The number of nitrogens with zero attached hydrogens (tertiary/aromatic N) is 1. The average Bonchev–Trinajstić information content (AvgIpc) is 2.75. The van der Waals surface area contributed by atoms with Crippen molar-refractivity contribution in [1.29, 1.82) is 0 Å². The van der Waals surface area contributed by atoms with Gasteiger partial charge in [-0.15, -0.1) is 0 Å². The Bertz CT molecular complexity index is 365. The van der Waals surface area contributed by atoms with Crippen LogP contribution in [-0.4, -0.2) is 34.7 Å². The number of nitrogens with one attached hydrogen (secondary N) is 3. The summed E-state index contributed by atoms with van der Waals surface area (Å²) in [7, 11) is 0. The number of aromatic nitrogens is 2. The van der Waals surface area contributed by atoms with Crippen molar-refractivity contribution in [2.45, 2.75) is 25.8 Å². The predicted molar refractivity (Wildman–Crippen MR) is 56.7 cm³/mol. The van der Waals surface area contributed by atoms with Gasteiger partial charge in [0.05, 0.1) is 5.54 Å². The summed E-state index contributed by atoms with van der Waals surface area (Å²) in [6.07, 6.45) is 0.960. The lowest BCUT2D eigenvalue weighted by molar-refractivity contribution is 0.0908. The Labute approximate surface area is 88.6 Å². The zero-order valence-corrected chi connectivity index (χ0v) is 9.05. The molecule has 1 amide bonds. The van der Waals surface area contributed by atoms with Gasteiger partial charge in [0.2, 0.25) is 0 Å². The van der Waals surface area contributed by atoms with Gasteiger partial charge >= 0.3 is 0 Å². The van der Waals surface area contributed by atoms with E-state index in [1.807, 2.05) is 13.8 Å². The number of rotatable bonds is 2. The molecule has 2 rings (SSSR count). The molecule has 0 aromatic carbocycles. The summed E-state index contributed by atoms with van der Waals surface area (Å²) in [5.41, 5.74) is 1.22. The van der Waals surface area contributed by atoms with E-state index in [1.165, 1.54) is 0 Å². The van der Waals surface area contributed by atoms with Crippen LogP contribution in [0.25, 0.3) is 0 Å². The third kappa shape index (κ3) is 2.18. The Morgan fingerprint density at radius 3 is 3.00 bits per heavy atom. The maximum Gasteiger partial charge on any atom is 0.272 e. The Hall–Kier alpha value is -1.36. The molecule has 1 unspecified atom stereocenters. The molecule has 1 aliphatic rings. The van der Waals surface area contributed by atoms with E-state index >= 15 is 0 Å². The lowest BCUT2D eigenvalue weighted by atomic mass is 10.0. The van der Waals surface area contributed by atoms with Crippen LogP contribution in [0.2, 0.25) is 0 Å². The molecular weight excluding hydrogens is 192 g/mol. The largest absolute Gasteiger partial charge is 0.344 e. The molecule has 1 saturated heterocycles. The minimum absolute atomic E-state index is 0.106. The Morgan fingerprint density at radius 2 is 2.47 bits per heavy atom. The van der Waals surface area contributed by atoms with Crippen LogP contribution in [0, 0.1) is 6.92 Å². The van der Waals surface area contributed by atoms with Crippen molar-refractivity contribution in [3.8, 4) is 0 Å². The first-order valence-electron chi connectivity index (χ1n) is 5.14. The first-order chi connectivity index (χ1) is 7.09. The van der Waals surface area contributed by atoms with E-state index in [0.29, 0.717) is 5.69 Å². The smallest absolute Gasteiger partial charge is 0.272 e. The van der Waals surface area contributed by atoms with Crippen LogP contribution in [-0.2, 0) is 0 Å². The fourth-order valence-corrected chi connectivity index (χ4v) is 1.80. The summed E-state index contributed by atoms with van der Waals surface area (Å²) in [6.45, 7) is 5.70. The number of hydrogen-bond donors (Lipinski definition) is 3. The molecule has 5 nitrogen and oxygen atoms in total. The molecule has 1 fully saturated rings. The van der Waals surface area contributed by atoms with E-state index in [4.69, 9.17) is 0 Å². The lowest BCUT2D eigenvalue weighted by Gasteiger charge is -2.23. The maximum atomic E-state index is 11.8. The number of carbonyl (C=O) groups is 1. The topological polar surface area (TPSA) is 69.8 Å². The van der Waals surface area contributed by atoms with Crippen LogP contribution >= 0.6 is 0 Å². The minimum atomic E-state index is -0.135. The second kappa shape index (κ2) is 3.66. The summed E-state index contributed by atoms with van der Waals surface area (Å²) < 4.78 is 0. The molecule has 2 heterocycles. The summed E-state index contributed by atoms with van der Waals surface area (Å²) >= 11 is 0. The third-order valence-electron chi connectivity index (χ3n) is 2.72. The van der Waals surface area contributed by atoms with Gasteiger partial charge in [0.1, 0.15) is 5.69 Å². The monoisotopic (exact) mass is 208 g/mol. The first-order valence-corrected chi connectivity index (χ1v) is 5.14. The van der Waals surface area contributed by atoms with Crippen molar-refractivity contribution in [3.63, 3.8) is 0 Å². The molecule has 1 atom stereocenters. The molecule has 0 radical (unpaired) electrons. The molecule has 5 heteroatoms. The van der Waals surface area contributed by atoms with Crippen LogP contribution < -0.4 is 10.6 Å². The minimum Gasteiger partial charge on any atom is -0.344 e. The van der Waals surface area contributed by atoms with Gasteiger partial charge in [0.25, 0.3) is 5.91 Å². The number of carbonyl (C=O) groups excluding carboxylic acids is 1. The van der Waals surface area contributed by atoms with Gasteiger partial charge in [0.15, 0.2) is 0 Å². The molecule has 82 valence electrons. The second-order valence-corrected chi connectivity index (χ2v) is 4.38. The first kappa shape index (κ1) is 10.2.